The normalized spacial score (nSPS) is 11.3. The van der Waals surface area contributed by atoms with E-state index in [1.165, 1.54) is 6.07 Å². The Balaban J connectivity index is 2.80. The fourth-order valence-electron chi connectivity index (χ4n) is 1.30. The molecule has 0 aliphatic heterocycles. The van der Waals surface area contributed by atoms with Crippen LogP contribution in [0.5, 0.6) is 0 Å². The first-order valence-electron chi connectivity index (χ1n) is 4.12. The average Bonchev–Trinajstić information content (AvgIpc) is 2.19. The van der Waals surface area contributed by atoms with Crippen molar-refractivity contribution in [1.82, 2.24) is 4.98 Å². The lowest BCUT2D eigenvalue weighted by molar-refractivity contribution is 0.146. The van der Waals surface area contributed by atoms with Gasteiger partial charge < -0.3 is 0 Å². The van der Waals surface area contributed by atoms with Crippen molar-refractivity contribution < 1.29 is 8.78 Å². The number of pyridine rings is 1. The molecule has 1 heterocycles. The molecule has 5 heteroatoms. The molecule has 0 saturated carbocycles. The van der Waals surface area contributed by atoms with Gasteiger partial charge >= 0.3 is 0 Å². The van der Waals surface area contributed by atoms with E-state index < -0.39 is 6.43 Å². The molecule has 0 atom stereocenters. The Hall–Kier alpha value is -0.490. The van der Waals surface area contributed by atoms with Crippen molar-refractivity contribution in [3.05, 3.63) is 38.6 Å². The van der Waals surface area contributed by atoms with Crippen LogP contribution in [0.25, 0.3) is 10.9 Å². The van der Waals surface area contributed by atoms with E-state index in [1.54, 1.807) is 6.07 Å². The van der Waals surface area contributed by atoms with Crippen molar-refractivity contribution >= 4 is 45.1 Å². The molecule has 0 aliphatic rings. The van der Waals surface area contributed by atoms with Gasteiger partial charge in [0.25, 0.3) is 6.43 Å². The third kappa shape index (κ3) is 2.06. The summed E-state index contributed by atoms with van der Waals surface area (Å²) in [5.41, 5.74) is 0.248. The van der Waals surface area contributed by atoms with E-state index in [9.17, 15) is 8.78 Å². The van der Waals surface area contributed by atoms with Gasteiger partial charge in [0.15, 0.2) is 0 Å². The van der Waals surface area contributed by atoms with Crippen LogP contribution in [0.1, 0.15) is 12.1 Å². The first kappa shape index (κ1) is 11.0. The summed E-state index contributed by atoms with van der Waals surface area (Å²) in [6.45, 7) is 0. The summed E-state index contributed by atoms with van der Waals surface area (Å²) in [7, 11) is 0. The number of alkyl halides is 2. The number of para-hydroxylation sites is 1. The molecule has 78 valence electrons. The number of benzene rings is 1. The van der Waals surface area contributed by atoms with E-state index in [0.717, 1.165) is 3.57 Å². The molecule has 0 bridgehead atoms. The third-order valence-electron chi connectivity index (χ3n) is 1.98. The first-order chi connectivity index (χ1) is 7.09. The first-order valence-corrected chi connectivity index (χ1v) is 5.58. The fraction of sp³-hybridized carbons (Fsp3) is 0.100. The highest BCUT2D eigenvalue weighted by molar-refractivity contribution is 14.1. The predicted octanol–water partition coefficient (Wildman–Crippen LogP) is 4.43. The molecular weight excluding hydrogens is 334 g/mol. The maximum atomic E-state index is 12.5. The largest absolute Gasteiger partial charge is 0.280 e. The number of nitrogens with zero attached hydrogens (tertiary/aromatic N) is 1. The minimum absolute atomic E-state index is 0.281. The molecule has 0 aliphatic carbocycles. The molecule has 2 aromatic rings. The van der Waals surface area contributed by atoms with Crippen LogP contribution in [-0.2, 0) is 0 Å². The summed E-state index contributed by atoms with van der Waals surface area (Å²) in [6, 6.07) is 6.61. The fourth-order valence-corrected chi connectivity index (χ4v) is 2.19. The molecule has 0 N–H and O–H groups in total. The summed E-state index contributed by atoms with van der Waals surface area (Å²) in [6.07, 6.45) is -2.59. The van der Waals surface area contributed by atoms with Crippen molar-refractivity contribution in [2.24, 2.45) is 0 Å². The molecule has 1 aromatic heterocycles. The molecule has 2 rings (SSSR count). The third-order valence-corrected chi connectivity index (χ3v) is 3.17. The maximum absolute atomic E-state index is 12.5. The molecular formula is C10H5ClF2IN. The monoisotopic (exact) mass is 339 g/mol. The molecule has 0 unspecified atom stereocenters. The highest BCUT2D eigenvalue weighted by atomic mass is 127. The minimum atomic E-state index is -2.59. The molecule has 0 fully saturated rings. The van der Waals surface area contributed by atoms with Crippen LogP contribution < -0.4 is 0 Å². The number of hydrogen-bond acceptors (Lipinski definition) is 1. The van der Waals surface area contributed by atoms with Crippen LogP contribution in [-0.4, -0.2) is 4.98 Å². The van der Waals surface area contributed by atoms with Gasteiger partial charge in [0, 0.05) is 8.96 Å². The Kier molecular flexibility index (Phi) is 3.06. The quantitative estimate of drug-likeness (QED) is 0.700. The highest BCUT2D eigenvalue weighted by Gasteiger charge is 2.13. The van der Waals surface area contributed by atoms with Crippen LogP contribution in [0.4, 0.5) is 8.78 Å². The maximum Gasteiger partial charge on any atom is 0.280 e. The van der Waals surface area contributed by atoms with Gasteiger partial charge in [-0.1, -0.05) is 23.7 Å². The summed E-state index contributed by atoms with van der Waals surface area (Å²) in [4.78, 5) is 3.89. The van der Waals surface area contributed by atoms with Crippen LogP contribution >= 0.6 is 34.2 Å². The average molecular weight is 340 g/mol. The number of aromatic nitrogens is 1. The minimum Gasteiger partial charge on any atom is -0.246 e. The molecule has 15 heavy (non-hydrogen) atoms. The van der Waals surface area contributed by atoms with Gasteiger partial charge in [0.2, 0.25) is 0 Å². The Morgan fingerprint density at radius 2 is 2.07 bits per heavy atom. The second kappa shape index (κ2) is 4.17. The van der Waals surface area contributed by atoms with Crippen molar-refractivity contribution in [3.8, 4) is 0 Å². The van der Waals surface area contributed by atoms with Gasteiger partial charge in [-0.3, -0.25) is 0 Å². The standard InChI is InChI=1S/C10H5ClF2IN/c11-6-4-8(10(12)13)15-9-5(6)2-1-3-7(9)14/h1-4,10H. The van der Waals surface area contributed by atoms with Gasteiger partial charge in [-0.15, -0.1) is 0 Å². The Labute approximate surface area is 104 Å². The second-order valence-corrected chi connectivity index (χ2v) is 4.54. The topological polar surface area (TPSA) is 12.9 Å². The van der Waals surface area contributed by atoms with Crippen molar-refractivity contribution in [3.63, 3.8) is 0 Å². The zero-order valence-corrected chi connectivity index (χ0v) is 10.3. The van der Waals surface area contributed by atoms with E-state index in [0.29, 0.717) is 15.9 Å². The molecule has 0 amide bonds. The number of rotatable bonds is 1. The van der Waals surface area contributed by atoms with Crippen LogP contribution in [0.3, 0.4) is 0 Å². The molecule has 0 saturated heterocycles. The summed E-state index contributed by atoms with van der Waals surface area (Å²) in [5, 5.41) is 1.02. The van der Waals surface area contributed by atoms with Gasteiger partial charge in [-0.2, -0.15) is 0 Å². The molecule has 0 radical (unpaired) electrons. The number of halogens is 4. The lowest BCUT2D eigenvalue weighted by atomic mass is 10.2. The van der Waals surface area contributed by atoms with Crippen LogP contribution in [0, 0.1) is 3.57 Å². The van der Waals surface area contributed by atoms with E-state index in [-0.39, 0.29) is 5.69 Å². The smallest absolute Gasteiger partial charge is 0.246 e. The van der Waals surface area contributed by atoms with Crippen molar-refractivity contribution in [2.75, 3.05) is 0 Å². The molecule has 1 nitrogen and oxygen atoms in total. The van der Waals surface area contributed by atoms with Crippen LogP contribution in [0.15, 0.2) is 24.3 Å². The Morgan fingerprint density at radius 1 is 1.33 bits per heavy atom. The predicted molar refractivity (Wildman–Crippen MR) is 64.4 cm³/mol. The van der Waals surface area contributed by atoms with E-state index in [4.69, 9.17) is 11.6 Å². The highest BCUT2D eigenvalue weighted by Crippen LogP contribution is 2.29. The summed E-state index contributed by atoms with van der Waals surface area (Å²) in [5.74, 6) is 0. The Bertz CT molecular complexity index is 516. The zero-order valence-electron chi connectivity index (χ0n) is 7.35. The second-order valence-electron chi connectivity index (χ2n) is 2.97. The molecule has 0 spiro atoms. The summed E-state index contributed by atoms with van der Waals surface area (Å²) < 4.78 is 25.8. The SMILES string of the molecule is FC(F)c1cc(Cl)c2cccc(I)c2n1. The van der Waals surface area contributed by atoms with Crippen LogP contribution in [0.2, 0.25) is 5.02 Å². The van der Waals surface area contributed by atoms with E-state index in [2.05, 4.69) is 4.98 Å². The number of fused-ring (bicyclic) bond motifs is 1. The van der Waals surface area contributed by atoms with Gasteiger partial charge in [-0.05, 0) is 34.7 Å². The van der Waals surface area contributed by atoms with E-state index in [1.807, 2.05) is 34.7 Å². The van der Waals surface area contributed by atoms with E-state index >= 15 is 0 Å². The van der Waals surface area contributed by atoms with Gasteiger partial charge in [-0.25, -0.2) is 13.8 Å². The van der Waals surface area contributed by atoms with Crippen molar-refractivity contribution in [1.29, 1.82) is 0 Å². The lowest BCUT2D eigenvalue weighted by Crippen LogP contribution is -1.93. The summed E-state index contributed by atoms with van der Waals surface area (Å²) >= 11 is 7.95. The number of hydrogen-bond donors (Lipinski definition) is 0. The van der Waals surface area contributed by atoms with Crippen molar-refractivity contribution in [2.45, 2.75) is 6.43 Å². The lowest BCUT2D eigenvalue weighted by Gasteiger charge is -2.05. The van der Waals surface area contributed by atoms with Gasteiger partial charge in [0.05, 0.1) is 10.5 Å². The molecule has 1 aromatic carbocycles. The van der Waals surface area contributed by atoms with Gasteiger partial charge in [0.1, 0.15) is 5.69 Å². The zero-order chi connectivity index (χ0) is 11.0. The Morgan fingerprint density at radius 3 is 2.73 bits per heavy atom.